The van der Waals surface area contributed by atoms with Gasteiger partial charge in [-0.3, -0.25) is 0 Å². The molecule has 0 aliphatic heterocycles. The van der Waals surface area contributed by atoms with Crippen LogP contribution in [0.4, 0.5) is 0 Å². The molecule has 0 amide bonds. The fourth-order valence-corrected chi connectivity index (χ4v) is 2.10. The first kappa shape index (κ1) is 13.1. The zero-order chi connectivity index (χ0) is 12.0. The van der Waals surface area contributed by atoms with Gasteiger partial charge in [0.25, 0.3) is 0 Å². The Balaban J connectivity index is 2.67. The van der Waals surface area contributed by atoms with Gasteiger partial charge in [0.1, 0.15) is 5.75 Å². The van der Waals surface area contributed by atoms with Gasteiger partial charge >= 0.3 is 0 Å². The molecule has 0 aromatic heterocycles. The van der Waals surface area contributed by atoms with Crippen molar-refractivity contribution >= 4 is 0 Å². The fourth-order valence-electron chi connectivity index (χ4n) is 2.10. The molecule has 0 radical (unpaired) electrons. The fraction of sp³-hybridized carbons (Fsp3) is 0.600. The van der Waals surface area contributed by atoms with Crippen LogP contribution >= 0.6 is 0 Å². The SMILES string of the molecule is CCCCC(C)Cc1cc(C)ccc1OC. The molecule has 0 fully saturated rings. The van der Waals surface area contributed by atoms with Crippen LogP contribution < -0.4 is 4.74 Å². The highest BCUT2D eigenvalue weighted by atomic mass is 16.5. The first-order chi connectivity index (χ1) is 7.67. The van der Waals surface area contributed by atoms with Crippen LogP contribution in [-0.2, 0) is 6.42 Å². The molecule has 1 atom stereocenters. The molecule has 0 saturated heterocycles. The maximum Gasteiger partial charge on any atom is 0.122 e. The van der Waals surface area contributed by atoms with Crippen molar-refractivity contribution in [1.82, 2.24) is 0 Å². The van der Waals surface area contributed by atoms with Gasteiger partial charge in [0.05, 0.1) is 7.11 Å². The van der Waals surface area contributed by atoms with E-state index < -0.39 is 0 Å². The second-order valence-electron chi connectivity index (χ2n) is 4.77. The van der Waals surface area contributed by atoms with Crippen LogP contribution in [0.25, 0.3) is 0 Å². The quantitative estimate of drug-likeness (QED) is 0.691. The largest absolute Gasteiger partial charge is 0.496 e. The Morgan fingerprint density at radius 3 is 2.69 bits per heavy atom. The number of benzene rings is 1. The molecule has 90 valence electrons. The maximum atomic E-state index is 5.41. The molecule has 1 heteroatoms. The predicted molar refractivity (Wildman–Crippen MR) is 70.1 cm³/mol. The molecule has 1 nitrogen and oxygen atoms in total. The van der Waals surface area contributed by atoms with Crippen molar-refractivity contribution in [2.45, 2.75) is 46.5 Å². The van der Waals surface area contributed by atoms with Crippen LogP contribution in [0.15, 0.2) is 18.2 Å². The Labute approximate surface area is 99.8 Å². The van der Waals surface area contributed by atoms with Crippen LogP contribution in [0.5, 0.6) is 5.75 Å². The summed E-state index contributed by atoms with van der Waals surface area (Å²) in [6.45, 7) is 6.72. The molecule has 0 aliphatic carbocycles. The molecule has 1 rings (SSSR count). The molecule has 0 heterocycles. The second kappa shape index (κ2) is 6.57. The van der Waals surface area contributed by atoms with E-state index in [0.717, 1.165) is 18.1 Å². The van der Waals surface area contributed by atoms with Crippen LogP contribution in [0.1, 0.15) is 44.2 Å². The lowest BCUT2D eigenvalue weighted by atomic mass is 9.94. The summed E-state index contributed by atoms with van der Waals surface area (Å²) in [5.41, 5.74) is 2.67. The normalized spacial score (nSPS) is 12.5. The smallest absolute Gasteiger partial charge is 0.122 e. The molecule has 1 unspecified atom stereocenters. The molecule has 0 N–H and O–H groups in total. The molecule has 0 aliphatic rings. The zero-order valence-corrected chi connectivity index (χ0v) is 11.0. The molecule has 16 heavy (non-hydrogen) atoms. The summed E-state index contributed by atoms with van der Waals surface area (Å²) in [6, 6.07) is 6.44. The standard InChI is InChI=1S/C15H24O/c1-5-6-7-12(2)10-14-11-13(3)8-9-15(14)16-4/h8-9,11-12H,5-7,10H2,1-4H3. The van der Waals surface area contributed by atoms with Crippen LogP contribution in [0.2, 0.25) is 0 Å². The number of hydrogen-bond acceptors (Lipinski definition) is 1. The highest BCUT2D eigenvalue weighted by Crippen LogP contribution is 2.24. The second-order valence-corrected chi connectivity index (χ2v) is 4.77. The van der Waals surface area contributed by atoms with Gasteiger partial charge in [-0.25, -0.2) is 0 Å². The Kier molecular flexibility index (Phi) is 5.37. The molecule has 0 saturated carbocycles. The third-order valence-electron chi connectivity index (χ3n) is 3.05. The summed E-state index contributed by atoms with van der Waals surface area (Å²) in [5, 5.41) is 0. The summed E-state index contributed by atoms with van der Waals surface area (Å²) in [6.07, 6.45) is 5.06. The van der Waals surface area contributed by atoms with E-state index in [4.69, 9.17) is 4.74 Å². The van der Waals surface area contributed by atoms with Crippen molar-refractivity contribution in [2.24, 2.45) is 5.92 Å². The van der Waals surface area contributed by atoms with Crippen molar-refractivity contribution < 1.29 is 4.74 Å². The lowest BCUT2D eigenvalue weighted by molar-refractivity contribution is 0.402. The zero-order valence-electron chi connectivity index (χ0n) is 11.0. The van der Waals surface area contributed by atoms with Gasteiger partial charge in [0.2, 0.25) is 0 Å². The van der Waals surface area contributed by atoms with Crippen molar-refractivity contribution in [3.05, 3.63) is 29.3 Å². The lowest BCUT2D eigenvalue weighted by Gasteiger charge is -2.14. The monoisotopic (exact) mass is 220 g/mol. The summed E-state index contributed by atoms with van der Waals surface area (Å²) < 4.78 is 5.41. The van der Waals surface area contributed by atoms with E-state index in [-0.39, 0.29) is 0 Å². The maximum absolute atomic E-state index is 5.41. The van der Waals surface area contributed by atoms with Gasteiger partial charge in [-0.2, -0.15) is 0 Å². The average Bonchev–Trinajstić information content (AvgIpc) is 2.27. The van der Waals surface area contributed by atoms with Crippen molar-refractivity contribution in [1.29, 1.82) is 0 Å². The molecule has 1 aromatic rings. The van der Waals surface area contributed by atoms with E-state index in [1.54, 1.807) is 7.11 Å². The predicted octanol–water partition coefficient (Wildman–Crippen LogP) is 4.37. The van der Waals surface area contributed by atoms with Gasteiger partial charge in [-0.1, -0.05) is 50.8 Å². The number of unbranched alkanes of at least 4 members (excludes halogenated alkanes) is 1. The minimum atomic E-state index is 0.746. The number of aryl methyl sites for hydroxylation is 1. The highest BCUT2D eigenvalue weighted by molar-refractivity contribution is 5.37. The Morgan fingerprint density at radius 1 is 1.31 bits per heavy atom. The molecular weight excluding hydrogens is 196 g/mol. The highest BCUT2D eigenvalue weighted by Gasteiger charge is 2.08. The number of methoxy groups -OCH3 is 1. The van der Waals surface area contributed by atoms with Crippen LogP contribution in [0.3, 0.4) is 0 Å². The Hall–Kier alpha value is -0.980. The first-order valence-electron chi connectivity index (χ1n) is 6.30. The van der Waals surface area contributed by atoms with E-state index in [1.165, 1.54) is 30.4 Å². The first-order valence-corrected chi connectivity index (χ1v) is 6.30. The van der Waals surface area contributed by atoms with Crippen LogP contribution in [0, 0.1) is 12.8 Å². The summed E-state index contributed by atoms with van der Waals surface area (Å²) in [4.78, 5) is 0. The average molecular weight is 220 g/mol. The van der Waals surface area contributed by atoms with Crippen molar-refractivity contribution in [3.8, 4) is 5.75 Å². The molecule has 0 bridgehead atoms. The summed E-state index contributed by atoms with van der Waals surface area (Å²) in [5.74, 6) is 1.78. The third-order valence-corrected chi connectivity index (χ3v) is 3.05. The minimum Gasteiger partial charge on any atom is -0.496 e. The Bertz CT molecular complexity index is 317. The van der Waals surface area contributed by atoms with E-state index in [2.05, 4.69) is 39.0 Å². The van der Waals surface area contributed by atoms with E-state index in [9.17, 15) is 0 Å². The van der Waals surface area contributed by atoms with E-state index in [0.29, 0.717) is 0 Å². The molecule has 1 aromatic carbocycles. The van der Waals surface area contributed by atoms with Crippen molar-refractivity contribution in [3.63, 3.8) is 0 Å². The number of hydrogen-bond donors (Lipinski definition) is 0. The lowest BCUT2D eigenvalue weighted by Crippen LogP contribution is -2.02. The topological polar surface area (TPSA) is 9.23 Å². The summed E-state index contributed by atoms with van der Waals surface area (Å²) in [7, 11) is 1.75. The minimum absolute atomic E-state index is 0.746. The molecular formula is C15H24O. The Morgan fingerprint density at radius 2 is 2.06 bits per heavy atom. The summed E-state index contributed by atoms with van der Waals surface area (Å²) >= 11 is 0. The van der Waals surface area contributed by atoms with Gasteiger partial charge in [0.15, 0.2) is 0 Å². The van der Waals surface area contributed by atoms with Crippen LogP contribution in [-0.4, -0.2) is 7.11 Å². The van der Waals surface area contributed by atoms with Gasteiger partial charge < -0.3 is 4.74 Å². The van der Waals surface area contributed by atoms with E-state index in [1.807, 2.05) is 0 Å². The molecule has 0 spiro atoms. The van der Waals surface area contributed by atoms with Gasteiger partial charge in [-0.05, 0) is 30.9 Å². The van der Waals surface area contributed by atoms with E-state index >= 15 is 0 Å². The third kappa shape index (κ3) is 3.88. The van der Waals surface area contributed by atoms with Gasteiger partial charge in [-0.15, -0.1) is 0 Å². The van der Waals surface area contributed by atoms with Gasteiger partial charge in [0, 0.05) is 0 Å². The number of rotatable bonds is 6. The number of ether oxygens (including phenoxy) is 1. The van der Waals surface area contributed by atoms with Crippen molar-refractivity contribution in [2.75, 3.05) is 7.11 Å².